The number of benzene rings is 1. The number of rotatable bonds is 8. The normalized spacial score (nSPS) is 16.0. The molecule has 0 bridgehead atoms. The molecule has 1 aliphatic rings. The fourth-order valence-electron chi connectivity index (χ4n) is 2.96. The summed E-state index contributed by atoms with van der Waals surface area (Å²) in [5.74, 6) is 0.731. The number of nitrogens with one attached hydrogen (secondary N) is 2. The average molecular weight is 437 g/mol. The van der Waals surface area contributed by atoms with E-state index in [4.69, 9.17) is 4.74 Å². The summed E-state index contributed by atoms with van der Waals surface area (Å²) in [7, 11) is -3.44. The summed E-state index contributed by atoms with van der Waals surface area (Å²) in [5, 5.41) is 6.56. The van der Waals surface area contributed by atoms with Crippen LogP contribution in [0.3, 0.4) is 0 Å². The molecule has 2 N–H and O–H groups in total. The van der Waals surface area contributed by atoms with E-state index in [1.165, 1.54) is 21.2 Å². The fourth-order valence-corrected chi connectivity index (χ4v) is 5.81. The van der Waals surface area contributed by atoms with Crippen LogP contribution in [-0.2, 0) is 27.7 Å². The van der Waals surface area contributed by atoms with Crippen LogP contribution in [0.2, 0.25) is 0 Å². The van der Waals surface area contributed by atoms with Crippen LogP contribution >= 0.6 is 11.3 Å². The van der Waals surface area contributed by atoms with Crippen molar-refractivity contribution in [1.29, 1.82) is 0 Å². The standard InChI is InChI=1S/C20H28N4O3S2/c1-2-21-20(22-11-10-17-6-4-3-5-7-17)23-16-18-8-9-19(28-18)29(25,26)24-12-14-27-15-13-24/h3-9H,2,10-16H2,1H3,(H2,21,22,23). The Morgan fingerprint density at radius 2 is 1.90 bits per heavy atom. The third kappa shape index (κ3) is 6.27. The van der Waals surface area contributed by atoms with Gasteiger partial charge in [0.1, 0.15) is 4.21 Å². The lowest BCUT2D eigenvalue weighted by atomic mass is 10.1. The first-order valence-electron chi connectivity index (χ1n) is 9.82. The van der Waals surface area contributed by atoms with Crippen molar-refractivity contribution in [2.75, 3.05) is 39.4 Å². The molecule has 2 heterocycles. The summed E-state index contributed by atoms with van der Waals surface area (Å²) in [4.78, 5) is 5.51. The molecule has 1 aromatic heterocycles. The molecule has 158 valence electrons. The van der Waals surface area contributed by atoms with E-state index in [9.17, 15) is 8.42 Å². The van der Waals surface area contributed by atoms with Gasteiger partial charge in [-0.25, -0.2) is 13.4 Å². The number of sulfonamides is 1. The lowest BCUT2D eigenvalue weighted by Crippen LogP contribution is -2.40. The third-order valence-corrected chi connectivity index (χ3v) is 7.92. The topological polar surface area (TPSA) is 83.0 Å². The van der Waals surface area contributed by atoms with Crippen LogP contribution in [0.1, 0.15) is 17.4 Å². The van der Waals surface area contributed by atoms with Crippen LogP contribution < -0.4 is 10.6 Å². The van der Waals surface area contributed by atoms with Crippen LogP contribution in [0, 0.1) is 0 Å². The van der Waals surface area contributed by atoms with E-state index in [0.29, 0.717) is 37.1 Å². The van der Waals surface area contributed by atoms with Crippen molar-refractivity contribution < 1.29 is 13.2 Å². The second-order valence-corrected chi connectivity index (χ2v) is 9.93. The zero-order chi connectivity index (χ0) is 20.5. The van der Waals surface area contributed by atoms with Gasteiger partial charge in [-0.15, -0.1) is 11.3 Å². The Balaban J connectivity index is 1.58. The average Bonchev–Trinajstić information content (AvgIpc) is 3.23. The molecule has 9 heteroatoms. The summed E-state index contributed by atoms with van der Waals surface area (Å²) in [5.41, 5.74) is 1.27. The van der Waals surface area contributed by atoms with Crippen LogP contribution in [0.4, 0.5) is 0 Å². The van der Waals surface area contributed by atoms with Gasteiger partial charge in [0.2, 0.25) is 0 Å². The smallest absolute Gasteiger partial charge is 0.252 e. The quantitative estimate of drug-likeness (QED) is 0.489. The molecule has 0 unspecified atom stereocenters. The van der Waals surface area contributed by atoms with E-state index in [0.717, 1.165) is 30.3 Å². The second-order valence-electron chi connectivity index (χ2n) is 6.59. The van der Waals surface area contributed by atoms with Gasteiger partial charge in [-0.05, 0) is 31.0 Å². The summed E-state index contributed by atoms with van der Waals surface area (Å²) < 4.78 is 32.6. The Morgan fingerprint density at radius 3 is 2.62 bits per heavy atom. The minimum atomic E-state index is -3.44. The number of hydrogen-bond donors (Lipinski definition) is 2. The summed E-state index contributed by atoms with van der Waals surface area (Å²) in [6.07, 6.45) is 0.909. The Kier molecular flexibility index (Phi) is 8.05. The summed E-state index contributed by atoms with van der Waals surface area (Å²) in [6.45, 7) is 5.70. The first kappa shape index (κ1) is 21.8. The highest BCUT2D eigenvalue weighted by Gasteiger charge is 2.27. The van der Waals surface area contributed by atoms with Crippen molar-refractivity contribution in [2.45, 2.75) is 24.1 Å². The van der Waals surface area contributed by atoms with E-state index in [1.54, 1.807) is 6.07 Å². The van der Waals surface area contributed by atoms with Gasteiger partial charge >= 0.3 is 0 Å². The van der Waals surface area contributed by atoms with E-state index in [-0.39, 0.29) is 0 Å². The van der Waals surface area contributed by atoms with E-state index in [1.807, 2.05) is 31.2 Å². The Bertz CT molecular complexity index is 891. The zero-order valence-corrected chi connectivity index (χ0v) is 18.3. The van der Waals surface area contributed by atoms with Gasteiger partial charge in [0.15, 0.2) is 5.96 Å². The third-order valence-electron chi connectivity index (χ3n) is 4.49. The molecular formula is C20H28N4O3S2. The van der Waals surface area contributed by atoms with Crippen molar-refractivity contribution in [1.82, 2.24) is 14.9 Å². The Hall–Kier alpha value is -1.94. The molecule has 1 fully saturated rings. The number of thiophene rings is 1. The Morgan fingerprint density at radius 1 is 1.14 bits per heavy atom. The molecule has 3 rings (SSSR count). The maximum absolute atomic E-state index is 12.7. The van der Waals surface area contributed by atoms with Gasteiger partial charge in [-0.3, -0.25) is 0 Å². The lowest BCUT2D eigenvalue weighted by molar-refractivity contribution is 0.0731. The lowest BCUT2D eigenvalue weighted by Gasteiger charge is -2.25. The number of morpholine rings is 1. The first-order chi connectivity index (χ1) is 14.1. The molecule has 29 heavy (non-hydrogen) atoms. The van der Waals surface area contributed by atoms with Gasteiger partial charge in [-0.2, -0.15) is 4.31 Å². The molecule has 0 saturated carbocycles. The van der Waals surface area contributed by atoms with E-state index >= 15 is 0 Å². The molecule has 1 saturated heterocycles. The van der Waals surface area contributed by atoms with Crippen molar-refractivity contribution in [3.8, 4) is 0 Å². The maximum atomic E-state index is 12.7. The number of guanidine groups is 1. The van der Waals surface area contributed by atoms with E-state index < -0.39 is 10.0 Å². The number of ether oxygens (including phenoxy) is 1. The molecule has 0 radical (unpaired) electrons. The monoisotopic (exact) mass is 436 g/mol. The molecular weight excluding hydrogens is 408 g/mol. The van der Waals surface area contributed by atoms with Crippen LogP contribution in [0.25, 0.3) is 0 Å². The highest BCUT2D eigenvalue weighted by Crippen LogP contribution is 2.26. The molecule has 1 aromatic carbocycles. The molecule has 2 aromatic rings. The molecule has 1 aliphatic heterocycles. The molecule has 0 atom stereocenters. The maximum Gasteiger partial charge on any atom is 0.252 e. The summed E-state index contributed by atoms with van der Waals surface area (Å²) in [6, 6.07) is 13.8. The van der Waals surface area contributed by atoms with Gasteiger partial charge in [0.05, 0.1) is 19.8 Å². The predicted octanol–water partition coefficient (Wildman–Crippen LogP) is 2.07. The second kappa shape index (κ2) is 10.7. The fraction of sp³-hybridized carbons (Fsp3) is 0.450. The van der Waals surface area contributed by atoms with E-state index in [2.05, 4.69) is 27.8 Å². The Labute approximate surface area is 176 Å². The van der Waals surface area contributed by atoms with Gasteiger partial charge < -0.3 is 15.4 Å². The van der Waals surface area contributed by atoms with Crippen LogP contribution in [0.5, 0.6) is 0 Å². The molecule has 0 aliphatic carbocycles. The van der Waals surface area contributed by atoms with Crippen LogP contribution in [0.15, 0.2) is 51.7 Å². The highest BCUT2D eigenvalue weighted by atomic mass is 32.2. The minimum absolute atomic E-state index is 0.367. The minimum Gasteiger partial charge on any atom is -0.379 e. The van der Waals surface area contributed by atoms with Gasteiger partial charge in [-0.1, -0.05) is 30.3 Å². The van der Waals surface area contributed by atoms with Crippen molar-refractivity contribution >= 4 is 27.3 Å². The molecule has 0 spiro atoms. The SMILES string of the molecule is CCNC(=NCc1ccc(S(=O)(=O)N2CCOCC2)s1)NCCc1ccccc1. The molecule has 0 amide bonds. The highest BCUT2D eigenvalue weighted by molar-refractivity contribution is 7.91. The van der Waals surface area contributed by atoms with Gasteiger partial charge in [0, 0.05) is 31.1 Å². The summed E-state index contributed by atoms with van der Waals surface area (Å²) >= 11 is 1.28. The number of hydrogen-bond acceptors (Lipinski definition) is 5. The van der Waals surface area contributed by atoms with Crippen LogP contribution in [-0.4, -0.2) is 58.1 Å². The molecule has 7 nitrogen and oxygen atoms in total. The largest absolute Gasteiger partial charge is 0.379 e. The zero-order valence-electron chi connectivity index (χ0n) is 16.6. The van der Waals surface area contributed by atoms with Crippen molar-refractivity contribution in [3.05, 3.63) is 52.9 Å². The van der Waals surface area contributed by atoms with Crippen molar-refractivity contribution in [2.24, 2.45) is 4.99 Å². The number of nitrogens with zero attached hydrogens (tertiary/aromatic N) is 2. The van der Waals surface area contributed by atoms with Crippen molar-refractivity contribution in [3.63, 3.8) is 0 Å². The van der Waals surface area contributed by atoms with Gasteiger partial charge in [0.25, 0.3) is 10.0 Å². The number of aliphatic imine (C=N–C) groups is 1. The first-order valence-corrected chi connectivity index (χ1v) is 12.1. The predicted molar refractivity (Wildman–Crippen MR) is 117 cm³/mol.